The van der Waals surface area contributed by atoms with Gasteiger partial charge in [0.2, 0.25) is 5.91 Å². The van der Waals surface area contributed by atoms with Crippen LogP contribution in [0.15, 0.2) is 42.5 Å². The number of likely N-dealkylation sites (tertiary alicyclic amines) is 1. The minimum Gasteiger partial charge on any atom is -0.465 e. The summed E-state index contributed by atoms with van der Waals surface area (Å²) >= 11 is 0. The number of allylic oxidation sites excluding steroid dienone is 1. The van der Waals surface area contributed by atoms with Crippen LogP contribution in [0.4, 0.5) is 5.69 Å². The number of aliphatic hydroxyl groups excluding tert-OH is 1. The number of nitrogens with zero attached hydrogens (tertiary/aromatic N) is 2. The number of fused-ring (bicyclic) bond motifs is 2. The largest absolute Gasteiger partial charge is 0.465 e. The van der Waals surface area contributed by atoms with Gasteiger partial charge in [-0.2, -0.15) is 0 Å². The summed E-state index contributed by atoms with van der Waals surface area (Å²) < 4.78 is 12.5. The molecule has 8 heteroatoms. The Kier molecular flexibility index (Phi) is 6.99. The summed E-state index contributed by atoms with van der Waals surface area (Å²) in [5, 5.41) is 10.3. The van der Waals surface area contributed by atoms with Crippen molar-refractivity contribution in [3.8, 4) is 0 Å². The SMILES string of the molecule is CC[C@@H](CO)N1C(=O)[C@@H]2[C@@H]3C(=O)OCCCC/C=C\[C@]3(C)O[C@@]23C=CCN(c2c(C)cccc2C)C(=O)C13. The van der Waals surface area contributed by atoms with E-state index in [4.69, 9.17) is 9.47 Å². The van der Waals surface area contributed by atoms with Crippen LogP contribution in [0.5, 0.6) is 0 Å². The number of hydrogen-bond acceptors (Lipinski definition) is 6. The van der Waals surface area contributed by atoms with E-state index in [2.05, 4.69) is 0 Å². The first kappa shape index (κ1) is 26.6. The molecule has 1 N–H and O–H groups in total. The molecule has 0 aliphatic carbocycles. The number of rotatable bonds is 4. The van der Waals surface area contributed by atoms with E-state index in [1.807, 2.05) is 70.2 Å². The maximum Gasteiger partial charge on any atom is 0.313 e. The fourth-order valence-corrected chi connectivity index (χ4v) is 6.98. The summed E-state index contributed by atoms with van der Waals surface area (Å²) in [4.78, 5) is 45.7. The van der Waals surface area contributed by atoms with Crippen molar-refractivity contribution >= 4 is 23.5 Å². The van der Waals surface area contributed by atoms with Crippen LogP contribution in [0.25, 0.3) is 0 Å². The lowest BCUT2D eigenvalue weighted by molar-refractivity contribution is -0.160. The molecule has 0 saturated carbocycles. The first-order chi connectivity index (χ1) is 18.2. The van der Waals surface area contributed by atoms with E-state index in [-0.39, 0.29) is 25.0 Å². The Bertz CT molecular complexity index is 1170. The molecule has 1 unspecified atom stereocenters. The van der Waals surface area contributed by atoms with Crippen LogP contribution in [0.1, 0.15) is 50.7 Å². The van der Waals surface area contributed by atoms with E-state index in [9.17, 15) is 19.5 Å². The molecule has 1 aromatic carbocycles. The van der Waals surface area contributed by atoms with Crippen molar-refractivity contribution in [1.29, 1.82) is 0 Å². The van der Waals surface area contributed by atoms with Gasteiger partial charge in [-0.25, -0.2) is 0 Å². The van der Waals surface area contributed by atoms with Crippen molar-refractivity contribution in [1.82, 2.24) is 4.90 Å². The van der Waals surface area contributed by atoms with Gasteiger partial charge in [0.15, 0.2) is 0 Å². The average Bonchev–Trinajstić information content (AvgIpc) is 3.21. The van der Waals surface area contributed by atoms with Gasteiger partial charge in [-0.15, -0.1) is 0 Å². The van der Waals surface area contributed by atoms with Crippen molar-refractivity contribution in [2.24, 2.45) is 11.8 Å². The summed E-state index contributed by atoms with van der Waals surface area (Å²) in [5.74, 6) is -2.98. The Morgan fingerprint density at radius 3 is 2.47 bits per heavy atom. The predicted molar refractivity (Wildman–Crippen MR) is 142 cm³/mol. The third-order valence-electron chi connectivity index (χ3n) is 8.72. The molecule has 2 amide bonds. The van der Waals surface area contributed by atoms with Crippen LogP contribution in [0.2, 0.25) is 0 Å². The Balaban J connectivity index is 1.69. The van der Waals surface area contributed by atoms with Gasteiger partial charge in [0.1, 0.15) is 17.6 Å². The van der Waals surface area contributed by atoms with Gasteiger partial charge in [0.25, 0.3) is 5.91 Å². The monoisotopic (exact) mass is 522 g/mol. The molecule has 4 heterocycles. The number of ether oxygens (including phenoxy) is 2. The predicted octanol–water partition coefficient (Wildman–Crippen LogP) is 3.23. The number of benzene rings is 1. The molecule has 0 aromatic heterocycles. The maximum absolute atomic E-state index is 14.6. The number of carbonyl (C=O) groups is 3. The number of carbonyl (C=O) groups excluding carboxylic acids is 3. The minimum absolute atomic E-state index is 0.278. The molecule has 1 spiro atoms. The molecule has 6 atom stereocenters. The molecule has 5 rings (SSSR count). The number of esters is 1. The summed E-state index contributed by atoms with van der Waals surface area (Å²) in [6, 6.07) is 4.25. The smallest absolute Gasteiger partial charge is 0.313 e. The fourth-order valence-electron chi connectivity index (χ4n) is 6.98. The number of para-hydroxylation sites is 1. The molecule has 8 nitrogen and oxygen atoms in total. The van der Waals surface area contributed by atoms with Gasteiger partial charge in [-0.05, 0) is 57.6 Å². The number of aliphatic hydroxyl groups is 1. The molecule has 4 aliphatic heterocycles. The van der Waals surface area contributed by atoms with E-state index >= 15 is 0 Å². The Hall–Kier alpha value is -2.97. The standard InChI is InChI=1S/C30H38N2O6/c1-5-21(18-33)32-25-27(35)31(24-19(2)12-10-13-20(24)3)16-11-15-30(25)22(26(32)34)23-28(36)37-17-9-7-6-8-14-29(23,4)38-30/h8,10-15,21-23,25,33H,5-7,9,16-18H2,1-4H3/b14-8-/t21-,22-,23+,25?,29-,30-/m0/s1. The lowest BCUT2D eigenvalue weighted by Crippen LogP contribution is -2.59. The second-order valence-corrected chi connectivity index (χ2v) is 11.1. The molecule has 38 heavy (non-hydrogen) atoms. The molecular weight excluding hydrogens is 484 g/mol. The van der Waals surface area contributed by atoms with Crippen LogP contribution < -0.4 is 4.90 Å². The van der Waals surface area contributed by atoms with Crippen molar-refractivity contribution in [3.63, 3.8) is 0 Å². The molecule has 0 bridgehead atoms. The number of amides is 2. The van der Waals surface area contributed by atoms with E-state index in [0.717, 1.165) is 36.1 Å². The molecule has 0 radical (unpaired) electrons. The van der Waals surface area contributed by atoms with Gasteiger partial charge < -0.3 is 24.4 Å². The zero-order chi connectivity index (χ0) is 27.2. The van der Waals surface area contributed by atoms with E-state index in [0.29, 0.717) is 13.0 Å². The lowest BCUT2D eigenvalue weighted by Gasteiger charge is -2.40. The summed E-state index contributed by atoms with van der Waals surface area (Å²) in [5.41, 5.74) is 0.195. The van der Waals surface area contributed by atoms with Crippen LogP contribution >= 0.6 is 0 Å². The zero-order valence-electron chi connectivity index (χ0n) is 22.7. The maximum atomic E-state index is 14.6. The quantitative estimate of drug-likeness (QED) is 0.482. The number of cyclic esters (lactones) is 1. The third-order valence-corrected chi connectivity index (χ3v) is 8.72. The first-order valence-corrected chi connectivity index (χ1v) is 13.7. The highest BCUT2D eigenvalue weighted by Crippen LogP contribution is 2.57. The first-order valence-electron chi connectivity index (χ1n) is 13.7. The number of hydrogen-bond donors (Lipinski definition) is 1. The van der Waals surface area contributed by atoms with E-state index in [1.54, 1.807) is 4.90 Å². The third kappa shape index (κ3) is 3.92. The van der Waals surface area contributed by atoms with Crippen LogP contribution in [0, 0.1) is 25.7 Å². The topological polar surface area (TPSA) is 96.4 Å². The van der Waals surface area contributed by atoms with Gasteiger partial charge in [0, 0.05) is 12.2 Å². The molecule has 1 aromatic rings. The van der Waals surface area contributed by atoms with Crippen molar-refractivity contribution in [2.45, 2.75) is 76.7 Å². The van der Waals surface area contributed by atoms with Gasteiger partial charge in [0.05, 0.1) is 30.8 Å². The number of aryl methyl sites for hydroxylation is 2. The van der Waals surface area contributed by atoms with Crippen molar-refractivity contribution in [2.75, 3.05) is 24.7 Å². The number of anilines is 1. The Morgan fingerprint density at radius 1 is 1.05 bits per heavy atom. The fraction of sp³-hybridized carbons (Fsp3) is 0.567. The Labute approximate surface area is 224 Å². The minimum atomic E-state index is -1.38. The molecular formula is C30H38N2O6. The zero-order valence-corrected chi connectivity index (χ0v) is 22.7. The van der Waals surface area contributed by atoms with Gasteiger partial charge >= 0.3 is 5.97 Å². The highest BCUT2D eigenvalue weighted by Gasteiger charge is 2.75. The van der Waals surface area contributed by atoms with Crippen molar-refractivity contribution in [3.05, 3.63) is 53.6 Å². The second kappa shape index (κ2) is 9.97. The van der Waals surface area contributed by atoms with E-state index in [1.165, 1.54) is 4.90 Å². The van der Waals surface area contributed by atoms with Crippen molar-refractivity contribution < 1.29 is 29.0 Å². The van der Waals surface area contributed by atoms with Gasteiger partial charge in [-0.3, -0.25) is 14.4 Å². The summed E-state index contributed by atoms with van der Waals surface area (Å²) in [6.07, 6.45) is 10.5. The van der Waals surface area contributed by atoms with Crippen LogP contribution in [-0.2, 0) is 23.9 Å². The Morgan fingerprint density at radius 2 is 1.79 bits per heavy atom. The average molecular weight is 523 g/mol. The van der Waals surface area contributed by atoms with Crippen LogP contribution in [0.3, 0.4) is 0 Å². The molecule has 2 saturated heterocycles. The van der Waals surface area contributed by atoms with Crippen LogP contribution in [-0.4, -0.2) is 70.8 Å². The molecule has 204 valence electrons. The van der Waals surface area contributed by atoms with E-state index < -0.39 is 41.1 Å². The normalized spacial score (nSPS) is 34.8. The summed E-state index contributed by atoms with van der Waals surface area (Å²) in [6.45, 7) is 7.90. The second-order valence-electron chi connectivity index (χ2n) is 11.1. The molecule has 2 fully saturated rings. The van der Waals surface area contributed by atoms with Gasteiger partial charge in [-0.1, -0.05) is 49.4 Å². The summed E-state index contributed by atoms with van der Waals surface area (Å²) in [7, 11) is 0. The lowest BCUT2D eigenvalue weighted by atomic mass is 9.74. The highest BCUT2D eigenvalue weighted by atomic mass is 16.6. The molecule has 4 aliphatic rings. The highest BCUT2D eigenvalue weighted by molar-refractivity contribution is 6.06.